The van der Waals surface area contributed by atoms with Crippen molar-refractivity contribution in [3.8, 4) is 0 Å². The van der Waals surface area contributed by atoms with Crippen LogP contribution in [-0.2, 0) is 0 Å². The monoisotopic (exact) mass is 262 g/mol. The molecular formula is C15H19FN2O. The van der Waals surface area contributed by atoms with Gasteiger partial charge in [-0.1, -0.05) is 11.6 Å². The molecule has 0 radical (unpaired) electrons. The number of carbonyl (C=O) groups excluding carboxylic acids is 1. The highest BCUT2D eigenvalue weighted by Gasteiger charge is 2.35. The van der Waals surface area contributed by atoms with E-state index in [9.17, 15) is 9.18 Å². The molecule has 4 heteroatoms. The van der Waals surface area contributed by atoms with Crippen molar-refractivity contribution in [2.75, 3.05) is 19.6 Å². The standard InChI is InChI=1S/C15H19FN2O/c1-10-2-3-13(16)12(8-10)15(19)18-7-5-14-11(9-18)4-6-17-14/h2-3,8,11,14,17H,4-7,9H2,1H3. The van der Waals surface area contributed by atoms with Gasteiger partial charge < -0.3 is 10.2 Å². The minimum atomic E-state index is -0.415. The van der Waals surface area contributed by atoms with Gasteiger partial charge in [0, 0.05) is 19.1 Å². The van der Waals surface area contributed by atoms with Crippen LogP contribution in [0.5, 0.6) is 0 Å². The van der Waals surface area contributed by atoms with Crippen LogP contribution in [0.4, 0.5) is 4.39 Å². The van der Waals surface area contributed by atoms with Gasteiger partial charge in [-0.05, 0) is 44.4 Å². The summed E-state index contributed by atoms with van der Waals surface area (Å²) in [5.74, 6) is -0.0422. The molecule has 1 amide bonds. The maximum absolute atomic E-state index is 13.8. The maximum atomic E-state index is 13.8. The molecule has 2 atom stereocenters. The molecule has 0 aliphatic carbocycles. The summed E-state index contributed by atoms with van der Waals surface area (Å²) in [6, 6.07) is 5.27. The Hall–Kier alpha value is -1.42. The zero-order valence-corrected chi connectivity index (χ0v) is 11.2. The summed E-state index contributed by atoms with van der Waals surface area (Å²) in [5.41, 5.74) is 1.13. The van der Waals surface area contributed by atoms with Crippen molar-refractivity contribution in [3.63, 3.8) is 0 Å². The Morgan fingerprint density at radius 3 is 3.11 bits per heavy atom. The number of hydrogen-bond acceptors (Lipinski definition) is 2. The average molecular weight is 262 g/mol. The Morgan fingerprint density at radius 2 is 2.26 bits per heavy atom. The summed E-state index contributed by atoms with van der Waals surface area (Å²) in [5, 5.41) is 3.47. The third-order valence-corrected chi connectivity index (χ3v) is 4.30. The molecule has 19 heavy (non-hydrogen) atoms. The van der Waals surface area contributed by atoms with E-state index in [-0.39, 0.29) is 11.5 Å². The Kier molecular flexibility index (Phi) is 3.27. The molecule has 1 aromatic rings. The number of carbonyl (C=O) groups is 1. The lowest BCUT2D eigenvalue weighted by molar-refractivity contribution is 0.0657. The smallest absolute Gasteiger partial charge is 0.256 e. The number of halogens is 1. The fourth-order valence-corrected chi connectivity index (χ4v) is 3.21. The van der Waals surface area contributed by atoms with Crippen molar-refractivity contribution < 1.29 is 9.18 Å². The first-order valence-corrected chi connectivity index (χ1v) is 6.94. The van der Waals surface area contributed by atoms with E-state index >= 15 is 0 Å². The lowest BCUT2D eigenvalue weighted by atomic mass is 9.93. The third-order valence-electron chi connectivity index (χ3n) is 4.30. The van der Waals surface area contributed by atoms with Crippen LogP contribution in [0.25, 0.3) is 0 Å². The Morgan fingerprint density at radius 1 is 1.42 bits per heavy atom. The van der Waals surface area contributed by atoms with Gasteiger partial charge in [0.1, 0.15) is 5.82 Å². The predicted octanol–water partition coefficient (Wildman–Crippen LogP) is 1.96. The predicted molar refractivity (Wildman–Crippen MR) is 71.6 cm³/mol. The van der Waals surface area contributed by atoms with Crippen molar-refractivity contribution in [2.24, 2.45) is 5.92 Å². The highest BCUT2D eigenvalue weighted by molar-refractivity contribution is 5.94. The molecule has 3 nitrogen and oxygen atoms in total. The van der Waals surface area contributed by atoms with Crippen molar-refractivity contribution in [1.82, 2.24) is 10.2 Å². The van der Waals surface area contributed by atoms with E-state index in [0.717, 1.165) is 38.0 Å². The topological polar surface area (TPSA) is 32.3 Å². The number of amides is 1. The number of aryl methyl sites for hydroxylation is 1. The second-order valence-electron chi connectivity index (χ2n) is 5.63. The number of benzene rings is 1. The van der Waals surface area contributed by atoms with Crippen molar-refractivity contribution in [3.05, 3.63) is 35.1 Å². The Bertz CT molecular complexity index is 503. The van der Waals surface area contributed by atoms with E-state index in [1.54, 1.807) is 12.1 Å². The van der Waals surface area contributed by atoms with E-state index in [2.05, 4.69) is 5.32 Å². The van der Waals surface area contributed by atoms with Crippen LogP contribution in [0, 0.1) is 18.7 Å². The average Bonchev–Trinajstić information content (AvgIpc) is 2.88. The molecule has 2 unspecified atom stereocenters. The first-order chi connectivity index (χ1) is 9.15. The van der Waals surface area contributed by atoms with Gasteiger partial charge in [-0.3, -0.25) is 4.79 Å². The maximum Gasteiger partial charge on any atom is 0.256 e. The summed E-state index contributed by atoms with van der Waals surface area (Å²) < 4.78 is 13.8. The lowest BCUT2D eigenvalue weighted by Gasteiger charge is -2.35. The molecule has 0 aromatic heterocycles. The van der Waals surface area contributed by atoms with Gasteiger partial charge in [0.2, 0.25) is 0 Å². The van der Waals surface area contributed by atoms with E-state index in [4.69, 9.17) is 0 Å². The van der Waals surface area contributed by atoms with Gasteiger partial charge in [-0.25, -0.2) is 4.39 Å². The van der Waals surface area contributed by atoms with Crippen LogP contribution >= 0.6 is 0 Å². The highest BCUT2D eigenvalue weighted by atomic mass is 19.1. The Balaban J connectivity index is 1.78. The normalized spacial score (nSPS) is 26.3. The number of piperidine rings is 1. The second-order valence-corrected chi connectivity index (χ2v) is 5.63. The molecule has 0 bridgehead atoms. The van der Waals surface area contributed by atoms with Crippen LogP contribution in [0.15, 0.2) is 18.2 Å². The van der Waals surface area contributed by atoms with Gasteiger partial charge >= 0.3 is 0 Å². The molecule has 0 saturated carbocycles. The molecule has 102 valence electrons. The fourth-order valence-electron chi connectivity index (χ4n) is 3.21. The number of hydrogen-bond donors (Lipinski definition) is 1. The molecule has 3 rings (SSSR count). The summed E-state index contributed by atoms with van der Waals surface area (Å²) in [7, 11) is 0. The summed E-state index contributed by atoms with van der Waals surface area (Å²) in [4.78, 5) is 14.2. The van der Waals surface area contributed by atoms with Crippen LogP contribution < -0.4 is 5.32 Å². The molecule has 2 aliphatic rings. The zero-order valence-electron chi connectivity index (χ0n) is 11.2. The highest BCUT2D eigenvalue weighted by Crippen LogP contribution is 2.26. The van der Waals surface area contributed by atoms with Crippen molar-refractivity contribution in [2.45, 2.75) is 25.8 Å². The zero-order chi connectivity index (χ0) is 13.4. The SMILES string of the molecule is Cc1ccc(F)c(C(=O)N2CCC3NCCC3C2)c1. The molecule has 2 heterocycles. The van der Waals surface area contributed by atoms with Gasteiger partial charge in [0.05, 0.1) is 5.56 Å². The largest absolute Gasteiger partial charge is 0.338 e. The number of nitrogens with one attached hydrogen (secondary N) is 1. The molecule has 0 spiro atoms. The first-order valence-electron chi connectivity index (χ1n) is 6.94. The van der Waals surface area contributed by atoms with E-state index < -0.39 is 5.82 Å². The minimum Gasteiger partial charge on any atom is -0.338 e. The Labute approximate surface area is 112 Å². The molecule has 2 fully saturated rings. The van der Waals surface area contributed by atoms with Crippen molar-refractivity contribution in [1.29, 1.82) is 0 Å². The van der Waals surface area contributed by atoms with Crippen LogP contribution in [0.1, 0.15) is 28.8 Å². The van der Waals surface area contributed by atoms with E-state index in [1.165, 1.54) is 6.07 Å². The minimum absolute atomic E-state index is 0.161. The fraction of sp³-hybridized carbons (Fsp3) is 0.533. The van der Waals surface area contributed by atoms with Crippen molar-refractivity contribution >= 4 is 5.91 Å². The molecule has 2 saturated heterocycles. The second kappa shape index (κ2) is 4.93. The van der Waals surface area contributed by atoms with Gasteiger partial charge in [0.15, 0.2) is 0 Å². The van der Waals surface area contributed by atoms with Crippen LogP contribution in [0.3, 0.4) is 0 Å². The van der Waals surface area contributed by atoms with Crippen LogP contribution in [-0.4, -0.2) is 36.5 Å². The summed E-state index contributed by atoms with van der Waals surface area (Å²) >= 11 is 0. The first kappa shape index (κ1) is 12.6. The molecular weight excluding hydrogens is 243 g/mol. The summed E-state index contributed by atoms with van der Waals surface area (Å²) in [6.45, 7) is 4.39. The molecule has 1 aromatic carbocycles. The number of nitrogens with zero attached hydrogens (tertiary/aromatic N) is 1. The van der Waals surface area contributed by atoms with Gasteiger partial charge in [-0.2, -0.15) is 0 Å². The summed E-state index contributed by atoms with van der Waals surface area (Å²) in [6.07, 6.45) is 2.09. The molecule has 1 N–H and O–H groups in total. The van der Waals surface area contributed by atoms with Gasteiger partial charge in [0.25, 0.3) is 5.91 Å². The lowest BCUT2D eigenvalue weighted by Crippen LogP contribution is -2.47. The van der Waals surface area contributed by atoms with E-state index in [0.29, 0.717) is 12.0 Å². The number of likely N-dealkylation sites (tertiary alicyclic amines) is 1. The number of rotatable bonds is 1. The quantitative estimate of drug-likeness (QED) is 0.839. The van der Waals surface area contributed by atoms with E-state index in [1.807, 2.05) is 11.8 Å². The van der Waals surface area contributed by atoms with Gasteiger partial charge in [-0.15, -0.1) is 0 Å². The van der Waals surface area contributed by atoms with Crippen LogP contribution in [0.2, 0.25) is 0 Å². The molecule has 2 aliphatic heterocycles. The third kappa shape index (κ3) is 2.37. The number of fused-ring (bicyclic) bond motifs is 1.